The summed E-state index contributed by atoms with van der Waals surface area (Å²) in [5.41, 5.74) is 2.24. The van der Waals surface area contributed by atoms with Crippen molar-refractivity contribution in [2.45, 2.75) is 13.0 Å². The van der Waals surface area contributed by atoms with Crippen molar-refractivity contribution < 1.29 is 9.13 Å². The van der Waals surface area contributed by atoms with Gasteiger partial charge in [-0.3, -0.25) is 0 Å². The fraction of sp³-hybridized carbons (Fsp3) is 0.400. The summed E-state index contributed by atoms with van der Waals surface area (Å²) in [6.45, 7) is 1.72. The fourth-order valence-electron chi connectivity index (χ4n) is 1.64. The Hall–Kier alpha value is -0.800. The predicted molar refractivity (Wildman–Crippen MR) is 55.6 cm³/mol. The van der Waals surface area contributed by atoms with Crippen molar-refractivity contribution in [3.8, 4) is 5.75 Å². The second-order valence-corrected chi connectivity index (χ2v) is 3.18. The van der Waals surface area contributed by atoms with Gasteiger partial charge in [0.25, 0.3) is 0 Å². The zero-order chi connectivity index (χ0) is 9.26. The first-order valence-corrected chi connectivity index (χ1v) is 4.37. The van der Waals surface area contributed by atoms with Crippen LogP contribution in [0.15, 0.2) is 12.1 Å². The molecule has 0 amide bonds. The van der Waals surface area contributed by atoms with E-state index in [0.717, 1.165) is 25.1 Å². The Morgan fingerprint density at radius 1 is 1.36 bits per heavy atom. The molecule has 0 saturated heterocycles. The number of methoxy groups -OCH3 is 1. The van der Waals surface area contributed by atoms with Gasteiger partial charge in [0, 0.05) is 6.54 Å². The van der Waals surface area contributed by atoms with Crippen LogP contribution in [0.4, 0.5) is 4.39 Å². The number of hydrogen-bond donors (Lipinski definition) is 1. The van der Waals surface area contributed by atoms with Crippen LogP contribution in [0.5, 0.6) is 5.75 Å². The van der Waals surface area contributed by atoms with Crippen molar-refractivity contribution in [1.29, 1.82) is 0 Å². The molecule has 0 spiro atoms. The third-order valence-corrected chi connectivity index (χ3v) is 2.36. The van der Waals surface area contributed by atoms with Gasteiger partial charge in [0.2, 0.25) is 0 Å². The second-order valence-electron chi connectivity index (χ2n) is 3.18. The van der Waals surface area contributed by atoms with Gasteiger partial charge >= 0.3 is 0 Å². The number of halogens is 2. The quantitative estimate of drug-likeness (QED) is 0.776. The molecule has 1 aromatic rings. The monoisotopic (exact) mass is 217 g/mol. The predicted octanol–water partition coefficient (Wildman–Crippen LogP) is 1.90. The minimum absolute atomic E-state index is 0. The van der Waals surface area contributed by atoms with Crippen LogP contribution in [0.1, 0.15) is 11.1 Å². The largest absolute Gasteiger partial charge is 0.494 e. The van der Waals surface area contributed by atoms with Gasteiger partial charge in [0.05, 0.1) is 7.11 Å². The van der Waals surface area contributed by atoms with Crippen LogP contribution in [-0.2, 0) is 13.0 Å². The molecule has 78 valence electrons. The second kappa shape index (κ2) is 4.62. The summed E-state index contributed by atoms with van der Waals surface area (Å²) in [4.78, 5) is 0. The van der Waals surface area contributed by atoms with E-state index >= 15 is 0 Å². The Bertz CT molecular complexity index is 330. The first-order chi connectivity index (χ1) is 6.31. The standard InChI is InChI=1S/C10H12FNO.ClH/c1-13-10-5-7-2-3-12-6-8(7)4-9(10)11;/h4-5,12H,2-3,6H2,1H3;1H. The summed E-state index contributed by atoms with van der Waals surface area (Å²) in [5.74, 6) is 0.0746. The SMILES string of the molecule is COc1cc2c(cc1F)CNCC2.Cl. The van der Waals surface area contributed by atoms with Gasteiger partial charge in [-0.2, -0.15) is 0 Å². The minimum Gasteiger partial charge on any atom is -0.494 e. The van der Waals surface area contributed by atoms with E-state index in [1.54, 1.807) is 12.1 Å². The maximum absolute atomic E-state index is 13.2. The molecule has 14 heavy (non-hydrogen) atoms. The summed E-state index contributed by atoms with van der Waals surface area (Å²) >= 11 is 0. The average Bonchev–Trinajstić information content (AvgIpc) is 2.17. The van der Waals surface area contributed by atoms with E-state index in [1.807, 2.05) is 0 Å². The summed E-state index contributed by atoms with van der Waals surface area (Å²) in [5, 5.41) is 3.20. The van der Waals surface area contributed by atoms with E-state index < -0.39 is 0 Å². The molecule has 0 aromatic heterocycles. The highest BCUT2D eigenvalue weighted by Gasteiger charge is 2.12. The molecule has 2 rings (SSSR count). The van der Waals surface area contributed by atoms with Crippen LogP contribution in [0, 0.1) is 5.82 Å². The summed E-state index contributed by atoms with van der Waals surface area (Å²) in [6.07, 6.45) is 0.950. The number of nitrogens with one attached hydrogen (secondary N) is 1. The Morgan fingerprint density at radius 3 is 2.86 bits per heavy atom. The Kier molecular flexibility index (Phi) is 3.72. The van der Waals surface area contributed by atoms with E-state index in [1.165, 1.54) is 12.7 Å². The molecular weight excluding hydrogens is 205 g/mol. The zero-order valence-corrected chi connectivity index (χ0v) is 8.79. The van der Waals surface area contributed by atoms with Gasteiger partial charge in [0.1, 0.15) is 0 Å². The zero-order valence-electron chi connectivity index (χ0n) is 7.97. The minimum atomic E-state index is -0.273. The number of benzene rings is 1. The highest BCUT2D eigenvalue weighted by Crippen LogP contribution is 2.24. The van der Waals surface area contributed by atoms with Crippen LogP contribution >= 0.6 is 12.4 Å². The normalized spacial score (nSPS) is 14.1. The van der Waals surface area contributed by atoms with Crippen LogP contribution in [0.2, 0.25) is 0 Å². The van der Waals surface area contributed by atoms with Gasteiger partial charge in [0.15, 0.2) is 11.6 Å². The highest BCUT2D eigenvalue weighted by molar-refractivity contribution is 5.85. The molecule has 1 aliphatic heterocycles. The van der Waals surface area contributed by atoms with Crippen molar-refractivity contribution in [2.24, 2.45) is 0 Å². The van der Waals surface area contributed by atoms with E-state index in [-0.39, 0.29) is 18.2 Å². The lowest BCUT2D eigenvalue weighted by atomic mass is 10.0. The van der Waals surface area contributed by atoms with Gasteiger partial charge in [-0.1, -0.05) is 0 Å². The molecule has 0 aliphatic carbocycles. The van der Waals surface area contributed by atoms with Crippen LogP contribution in [-0.4, -0.2) is 13.7 Å². The molecule has 1 N–H and O–H groups in total. The maximum atomic E-state index is 13.2. The third kappa shape index (κ3) is 1.99. The molecule has 2 nitrogen and oxygen atoms in total. The molecule has 0 unspecified atom stereocenters. The first-order valence-electron chi connectivity index (χ1n) is 4.37. The molecule has 1 aromatic carbocycles. The van der Waals surface area contributed by atoms with Crippen LogP contribution in [0.3, 0.4) is 0 Å². The lowest BCUT2D eigenvalue weighted by Crippen LogP contribution is -2.23. The highest BCUT2D eigenvalue weighted by atomic mass is 35.5. The van der Waals surface area contributed by atoms with E-state index in [0.29, 0.717) is 5.75 Å². The molecular formula is C10H13ClFNO. The first kappa shape index (κ1) is 11.3. The molecule has 0 bridgehead atoms. The molecule has 0 radical (unpaired) electrons. The molecule has 0 fully saturated rings. The fourth-order valence-corrected chi connectivity index (χ4v) is 1.64. The summed E-state index contributed by atoms with van der Waals surface area (Å²) in [6, 6.07) is 3.35. The van der Waals surface area contributed by atoms with Crippen molar-refractivity contribution >= 4 is 12.4 Å². The van der Waals surface area contributed by atoms with E-state index in [4.69, 9.17) is 4.74 Å². The number of rotatable bonds is 1. The molecule has 0 saturated carbocycles. The van der Waals surface area contributed by atoms with Crippen molar-refractivity contribution in [1.82, 2.24) is 5.32 Å². The lowest BCUT2D eigenvalue weighted by Gasteiger charge is -2.17. The molecule has 1 aliphatic rings. The van der Waals surface area contributed by atoms with Crippen LogP contribution < -0.4 is 10.1 Å². The van der Waals surface area contributed by atoms with Gasteiger partial charge < -0.3 is 10.1 Å². The van der Waals surface area contributed by atoms with Crippen molar-refractivity contribution in [3.05, 3.63) is 29.1 Å². The summed E-state index contributed by atoms with van der Waals surface area (Å²) in [7, 11) is 1.49. The third-order valence-electron chi connectivity index (χ3n) is 2.36. The number of fused-ring (bicyclic) bond motifs is 1. The van der Waals surface area contributed by atoms with Gasteiger partial charge in [-0.25, -0.2) is 4.39 Å². The molecule has 0 atom stereocenters. The van der Waals surface area contributed by atoms with Crippen LogP contribution in [0.25, 0.3) is 0 Å². The molecule has 4 heteroatoms. The smallest absolute Gasteiger partial charge is 0.165 e. The Morgan fingerprint density at radius 2 is 2.14 bits per heavy atom. The molecule has 1 heterocycles. The lowest BCUT2D eigenvalue weighted by molar-refractivity contribution is 0.384. The number of hydrogen-bond acceptors (Lipinski definition) is 2. The Balaban J connectivity index is 0.000000980. The topological polar surface area (TPSA) is 21.3 Å². The van der Waals surface area contributed by atoms with Gasteiger partial charge in [-0.15, -0.1) is 12.4 Å². The number of ether oxygens (including phenoxy) is 1. The van der Waals surface area contributed by atoms with Gasteiger partial charge in [-0.05, 0) is 36.2 Å². The van der Waals surface area contributed by atoms with E-state index in [9.17, 15) is 4.39 Å². The van der Waals surface area contributed by atoms with E-state index in [2.05, 4.69) is 5.32 Å². The summed E-state index contributed by atoms with van der Waals surface area (Å²) < 4.78 is 18.1. The van der Waals surface area contributed by atoms with Crippen molar-refractivity contribution in [3.63, 3.8) is 0 Å². The Labute approximate surface area is 88.9 Å². The maximum Gasteiger partial charge on any atom is 0.165 e. The van der Waals surface area contributed by atoms with Crippen molar-refractivity contribution in [2.75, 3.05) is 13.7 Å². The average molecular weight is 218 g/mol.